The van der Waals surface area contributed by atoms with Crippen molar-refractivity contribution in [3.8, 4) is 11.4 Å². The third kappa shape index (κ3) is 3.04. The van der Waals surface area contributed by atoms with Gasteiger partial charge < -0.3 is 18.8 Å². The first kappa shape index (κ1) is 17.3. The number of fused-ring (bicyclic) bond motifs is 2. The van der Waals surface area contributed by atoms with Crippen LogP contribution in [0.5, 0.6) is 0 Å². The molecule has 2 fully saturated rings. The third-order valence-corrected chi connectivity index (χ3v) is 5.77. The molecule has 0 amide bonds. The summed E-state index contributed by atoms with van der Waals surface area (Å²) in [5.41, 5.74) is 2.37. The van der Waals surface area contributed by atoms with E-state index in [1.165, 1.54) is 0 Å². The average molecular weight is 382 g/mol. The topological polar surface area (TPSA) is 79.7 Å². The SMILES string of the molecule is O=C1O[C@H]2CC(OC(=O)c3nc(-c4ccccc4)n4c3CCCCC4)C[C@H]2O1. The van der Waals surface area contributed by atoms with Crippen molar-refractivity contribution >= 4 is 12.1 Å². The van der Waals surface area contributed by atoms with E-state index in [4.69, 9.17) is 19.2 Å². The molecule has 1 unspecified atom stereocenters. The Morgan fingerprint density at radius 2 is 1.82 bits per heavy atom. The Kier molecular flexibility index (Phi) is 4.30. The maximum atomic E-state index is 13.0. The van der Waals surface area contributed by atoms with E-state index in [1.54, 1.807) is 0 Å². The Balaban J connectivity index is 1.41. The number of esters is 1. The number of hydrogen-bond donors (Lipinski definition) is 0. The van der Waals surface area contributed by atoms with Gasteiger partial charge in [-0.05, 0) is 19.3 Å². The summed E-state index contributed by atoms with van der Waals surface area (Å²) >= 11 is 0. The molecule has 1 aliphatic carbocycles. The van der Waals surface area contributed by atoms with E-state index in [2.05, 4.69) is 4.57 Å². The van der Waals surface area contributed by atoms with Gasteiger partial charge in [0.05, 0.1) is 5.69 Å². The van der Waals surface area contributed by atoms with Crippen LogP contribution in [0.15, 0.2) is 30.3 Å². The second-order valence-electron chi connectivity index (χ2n) is 7.62. The van der Waals surface area contributed by atoms with Crippen molar-refractivity contribution < 1.29 is 23.8 Å². The number of aromatic nitrogens is 2. The van der Waals surface area contributed by atoms with Crippen LogP contribution >= 0.6 is 0 Å². The first-order valence-electron chi connectivity index (χ1n) is 9.92. The predicted molar refractivity (Wildman–Crippen MR) is 98.8 cm³/mol. The Morgan fingerprint density at radius 3 is 2.57 bits per heavy atom. The molecule has 1 aromatic heterocycles. The lowest BCUT2D eigenvalue weighted by atomic mass is 10.1. The fourth-order valence-electron chi connectivity index (χ4n) is 4.44. The van der Waals surface area contributed by atoms with Crippen LogP contribution in [-0.4, -0.2) is 40.0 Å². The van der Waals surface area contributed by atoms with Crippen LogP contribution < -0.4 is 0 Å². The van der Waals surface area contributed by atoms with Crippen molar-refractivity contribution in [2.75, 3.05) is 0 Å². The van der Waals surface area contributed by atoms with Crippen LogP contribution in [0.25, 0.3) is 11.4 Å². The highest BCUT2D eigenvalue weighted by atomic mass is 16.8. The molecular formula is C21H22N2O5. The molecule has 7 nitrogen and oxygen atoms in total. The monoisotopic (exact) mass is 382 g/mol. The Hall–Kier alpha value is -2.83. The molecule has 0 radical (unpaired) electrons. The summed E-state index contributed by atoms with van der Waals surface area (Å²) in [7, 11) is 0. The fraction of sp³-hybridized carbons (Fsp3) is 0.476. The van der Waals surface area contributed by atoms with Crippen molar-refractivity contribution in [1.82, 2.24) is 9.55 Å². The molecule has 1 saturated carbocycles. The number of nitrogens with zero attached hydrogens (tertiary/aromatic N) is 2. The van der Waals surface area contributed by atoms with Gasteiger partial charge in [0, 0.05) is 24.9 Å². The van der Waals surface area contributed by atoms with Crippen molar-refractivity contribution in [2.45, 2.75) is 63.4 Å². The highest BCUT2D eigenvalue weighted by Gasteiger charge is 2.46. The molecule has 0 N–H and O–H groups in total. The number of carbonyl (C=O) groups is 2. The molecule has 5 rings (SSSR count). The average Bonchev–Trinajstić information content (AvgIpc) is 3.27. The lowest BCUT2D eigenvalue weighted by Crippen LogP contribution is -2.19. The van der Waals surface area contributed by atoms with Gasteiger partial charge in [0.25, 0.3) is 0 Å². The normalized spacial score (nSPS) is 26.0. The van der Waals surface area contributed by atoms with Gasteiger partial charge in [0.1, 0.15) is 24.1 Å². The highest BCUT2D eigenvalue weighted by molar-refractivity contribution is 5.90. The van der Waals surface area contributed by atoms with Gasteiger partial charge in [-0.1, -0.05) is 36.8 Å². The summed E-state index contributed by atoms with van der Waals surface area (Å²) in [5, 5.41) is 0. The number of rotatable bonds is 3. The molecule has 0 spiro atoms. The van der Waals surface area contributed by atoms with E-state index in [9.17, 15) is 9.59 Å². The van der Waals surface area contributed by atoms with Crippen LogP contribution in [0, 0.1) is 0 Å². The van der Waals surface area contributed by atoms with Gasteiger partial charge in [0.15, 0.2) is 5.69 Å². The number of imidazole rings is 1. The minimum atomic E-state index is -0.633. The smallest absolute Gasteiger partial charge is 0.457 e. The van der Waals surface area contributed by atoms with Crippen LogP contribution in [-0.2, 0) is 27.2 Å². The Bertz CT molecular complexity index is 891. The molecule has 3 aliphatic rings. The van der Waals surface area contributed by atoms with Crippen LogP contribution in [0.2, 0.25) is 0 Å². The number of ether oxygens (including phenoxy) is 3. The molecule has 3 heterocycles. The fourth-order valence-corrected chi connectivity index (χ4v) is 4.44. The van der Waals surface area contributed by atoms with Gasteiger partial charge in [-0.3, -0.25) is 0 Å². The molecule has 2 aromatic rings. The van der Waals surface area contributed by atoms with Crippen LogP contribution in [0.3, 0.4) is 0 Å². The molecule has 1 aromatic carbocycles. The van der Waals surface area contributed by atoms with E-state index in [1.807, 2.05) is 30.3 Å². The van der Waals surface area contributed by atoms with E-state index in [0.717, 1.165) is 49.3 Å². The quantitative estimate of drug-likeness (QED) is 0.756. The molecule has 28 heavy (non-hydrogen) atoms. The van der Waals surface area contributed by atoms with Gasteiger partial charge in [-0.25, -0.2) is 14.6 Å². The van der Waals surface area contributed by atoms with E-state index < -0.39 is 12.1 Å². The van der Waals surface area contributed by atoms with Crippen molar-refractivity contribution in [1.29, 1.82) is 0 Å². The first-order chi connectivity index (χ1) is 13.7. The zero-order valence-electron chi connectivity index (χ0n) is 15.5. The summed E-state index contributed by atoms with van der Waals surface area (Å²) < 4.78 is 18.1. The molecule has 7 heteroatoms. The lowest BCUT2D eigenvalue weighted by Gasteiger charge is -2.12. The maximum absolute atomic E-state index is 13.0. The number of benzene rings is 1. The summed E-state index contributed by atoms with van der Waals surface area (Å²) in [6.45, 7) is 0.858. The third-order valence-electron chi connectivity index (χ3n) is 5.77. The van der Waals surface area contributed by atoms with Gasteiger partial charge >= 0.3 is 12.1 Å². The zero-order chi connectivity index (χ0) is 19.1. The molecular weight excluding hydrogens is 360 g/mol. The van der Waals surface area contributed by atoms with Gasteiger partial charge in [0.2, 0.25) is 0 Å². The second-order valence-corrected chi connectivity index (χ2v) is 7.62. The van der Waals surface area contributed by atoms with Crippen LogP contribution in [0.4, 0.5) is 4.79 Å². The number of carbonyl (C=O) groups excluding carboxylic acids is 2. The van der Waals surface area contributed by atoms with Gasteiger partial charge in [-0.2, -0.15) is 0 Å². The summed E-state index contributed by atoms with van der Waals surface area (Å²) in [5.74, 6) is 0.425. The van der Waals surface area contributed by atoms with E-state index in [0.29, 0.717) is 18.5 Å². The minimum Gasteiger partial charge on any atom is -0.457 e. The Morgan fingerprint density at radius 1 is 1.07 bits per heavy atom. The van der Waals surface area contributed by atoms with Gasteiger partial charge in [-0.15, -0.1) is 0 Å². The largest absolute Gasteiger partial charge is 0.509 e. The summed E-state index contributed by atoms with van der Waals surface area (Å²) in [4.78, 5) is 28.8. The molecule has 3 atom stereocenters. The molecule has 0 bridgehead atoms. The first-order valence-corrected chi connectivity index (χ1v) is 9.92. The summed E-state index contributed by atoms with van der Waals surface area (Å²) in [6, 6.07) is 9.95. The van der Waals surface area contributed by atoms with Crippen molar-refractivity contribution in [3.63, 3.8) is 0 Å². The minimum absolute atomic E-state index is 0.315. The van der Waals surface area contributed by atoms with Crippen LogP contribution in [0.1, 0.15) is 48.3 Å². The lowest BCUT2D eigenvalue weighted by molar-refractivity contribution is 0.0222. The second kappa shape index (κ2) is 6.96. The predicted octanol–water partition coefficient (Wildman–Crippen LogP) is 3.50. The zero-order valence-corrected chi connectivity index (χ0v) is 15.5. The molecule has 2 aliphatic heterocycles. The maximum Gasteiger partial charge on any atom is 0.509 e. The standard InChI is InChI=1S/C21H22N2O5/c24-20(26-14-11-16-17(12-14)28-21(25)27-16)18-15-9-5-2-6-10-23(15)19(22-18)13-7-3-1-4-8-13/h1,3-4,7-8,14,16-17H,2,5-6,9-12H2/t14?,16-,17+. The molecule has 146 valence electrons. The van der Waals surface area contributed by atoms with Crippen molar-refractivity contribution in [3.05, 3.63) is 41.7 Å². The number of hydrogen-bond acceptors (Lipinski definition) is 6. The highest BCUT2D eigenvalue weighted by Crippen LogP contribution is 2.34. The van der Waals surface area contributed by atoms with Crippen molar-refractivity contribution in [2.24, 2.45) is 0 Å². The molecule has 1 saturated heterocycles. The van der Waals surface area contributed by atoms with E-state index >= 15 is 0 Å². The van der Waals surface area contributed by atoms with E-state index in [-0.39, 0.29) is 18.3 Å². The Labute approximate surface area is 162 Å². The summed E-state index contributed by atoms with van der Waals surface area (Å²) in [6.07, 6.45) is 3.44.